The van der Waals surface area contributed by atoms with Crippen LogP contribution in [0.2, 0.25) is 0 Å². The smallest absolute Gasteiger partial charge is 0.303 e. The van der Waals surface area contributed by atoms with Gasteiger partial charge >= 0.3 is 5.97 Å². The van der Waals surface area contributed by atoms with Gasteiger partial charge in [-0.1, -0.05) is 6.07 Å². The molecule has 21 heavy (non-hydrogen) atoms. The van der Waals surface area contributed by atoms with E-state index in [1.54, 1.807) is 0 Å². The number of hydrogen-bond donors (Lipinski definition) is 1. The molecule has 0 spiro atoms. The van der Waals surface area contributed by atoms with Crippen LogP contribution < -0.4 is 0 Å². The molecule has 0 aromatic heterocycles. The van der Waals surface area contributed by atoms with E-state index < -0.39 is 32.5 Å². The Morgan fingerprint density at radius 2 is 1.95 bits per heavy atom. The number of rotatable bonds is 4. The Morgan fingerprint density at radius 1 is 1.33 bits per heavy atom. The Kier molecular flexibility index (Phi) is 4.58. The predicted octanol–water partition coefficient (Wildman–Crippen LogP) is 1.84. The molecule has 0 bridgehead atoms. The molecule has 0 aliphatic carbocycles. The van der Waals surface area contributed by atoms with Gasteiger partial charge in [-0.15, -0.1) is 0 Å². The molecule has 8 heteroatoms. The van der Waals surface area contributed by atoms with Crippen molar-refractivity contribution in [1.29, 1.82) is 0 Å². The molecule has 1 aliphatic heterocycles. The SMILES string of the molecule is O=C(O)CC1CCCN(S(=O)(=O)c2c(F)cccc2F)C1. The topological polar surface area (TPSA) is 74.7 Å². The Labute approximate surface area is 121 Å². The lowest BCUT2D eigenvalue weighted by Crippen LogP contribution is -2.41. The van der Waals surface area contributed by atoms with Crippen molar-refractivity contribution in [2.45, 2.75) is 24.2 Å². The highest BCUT2D eigenvalue weighted by Crippen LogP contribution is 2.28. The molecule has 1 aliphatic rings. The predicted molar refractivity (Wildman–Crippen MR) is 70.1 cm³/mol. The number of halogens is 2. The van der Waals surface area contributed by atoms with E-state index in [9.17, 15) is 22.0 Å². The van der Waals surface area contributed by atoms with E-state index in [4.69, 9.17) is 5.11 Å². The van der Waals surface area contributed by atoms with Crippen molar-refractivity contribution in [1.82, 2.24) is 4.31 Å². The second kappa shape index (κ2) is 6.07. The van der Waals surface area contributed by atoms with Crippen LogP contribution in [0.4, 0.5) is 8.78 Å². The summed E-state index contributed by atoms with van der Waals surface area (Å²) in [6, 6.07) is 2.86. The number of carboxylic acids is 1. The lowest BCUT2D eigenvalue weighted by atomic mass is 9.96. The van der Waals surface area contributed by atoms with Gasteiger partial charge in [-0.2, -0.15) is 4.31 Å². The Hall–Kier alpha value is -1.54. The summed E-state index contributed by atoms with van der Waals surface area (Å²) in [6.07, 6.45) is 0.886. The average molecular weight is 319 g/mol. The van der Waals surface area contributed by atoms with Gasteiger partial charge in [0.15, 0.2) is 4.90 Å². The minimum absolute atomic E-state index is 0.0393. The first-order valence-corrected chi connectivity index (χ1v) is 7.92. The molecular weight excluding hydrogens is 304 g/mol. The van der Waals surface area contributed by atoms with Crippen LogP contribution in [0.25, 0.3) is 0 Å². The van der Waals surface area contributed by atoms with E-state index in [-0.39, 0.29) is 25.4 Å². The minimum Gasteiger partial charge on any atom is -0.481 e. The van der Waals surface area contributed by atoms with Crippen molar-refractivity contribution in [2.24, 2.45) is 5.92 Å². The van der Waals surface area contributed by atoms with Gasteiger partial charge in [-0.05, 0) is 30.9 Å². The lowest BCUT2D eigenvalue weighted by Gasteiger charge is -2.31. The molecule has 0 amide bonds. The molecule has 1 saturated heterocycles. The molecule has 1 unspecified atom stereocenters. The van der Waals surface area contributed by atoms with Gasteiger partial charge in [0.05, 0.1) is 0 Å². The van der Waals surface area contributed by atoms with E-state index in [0.717, 1.165) is 22.5 Å². The second-order valence-corrected chi connectivity index (χ2v) is 6.89. The zero-order valence-electron chi connectivity index (χ0n) is 11.1. The molecule has 1 atom stereocenters. The van der Waals surface area contributed by atoms with Crippen molar-refractivity contribution in [3.8, 4) is 0 Å². The highest BCUT2D eigenvalue weighted by molar-refractivity contribution is 7.89. The van der Waals surface area contributed by atoms with Crippen molar-refractivity contribution >= 4 is 16.0 Å². The summed E-state index contributed by atoms with van der Waals surface area (Å²) in [5.41, 5.74) is 0. The highest BCUT2D eigenvalue weighted by atomic mass is 32.2. The summed E-state index contributed by atoms with van der Waals surface area (Å²) in [5.74, 6) is -3.65. The number of hydrogen-bond acceptors (Lipinski definition) is 3. The first-order valence-electron chi connectivity index (χ1n) is 6.48. The number of nitrogens with zero attached hydrogens (tertiary/aromatic N) is 1. The number of sulfonamides is 1. The highest BCUT2D eigenvalue weighted by Gasteiger charge is 2.34. The van der Waals surface area contributed by atoms with Crippen molar-refractivity contribution in [2.75, 3.05) is 13.1 Å². The monoisotopic (exact) mass is 319 g/mol. The molecule has 0 radical (unpaired) electrons. The van der Waals surface area contributed by atoms with Crippen molar-refractivity contribution in [3.05, 3.63) is 29.8 Å². The van der Waals surface area contributed by atoms with Crippen LogP contribution >= 0.6 is 0 Å². The number of carbonyl (C=O) groups is 1. The average Bonchev–Trinajstić information content (AvgIpc) is 2.37. The number of aliphatic carboxylic acids is 1. The summed E-state index contributed by atoms with van der Waals surface area (Å²) in [7, 11) is -4.30. The third-order valence-electron chi connectivity index (χ3n) is 3.46. The van der Waals surface area contributed by atoms with Gasteiger partial charge in [0.2, 0.25) is 10.0 Å². The molecule has 0 saturated carbocycles. The first-order chi connectivity index (χ1) is 9.82. The van der Waals surface area contributed by atoms with Crippen LogP contribution in [0.3, 0.4) is 0 Å². The molecule has 2 rings (SSSR count). The summed E-state index contributed by atoms with van der Waals surface area (Å²) in [4.78, 5) is 9.74. The minimum atomic E-state index is -4.30. The van der Waals surface area contributed by atoms with Gasteiger partial charge in [-0.3, -0.25) is 4.79 Å². The standard InChI is InChI=1S/C13H15F2NO4S/c14-10-4-1-5-11(15)13(10)21(19,20)16-6-2-3-9(8-16)7-12(17)18/h1,4-5,9H,2-3,6-8H2,(H,17,18). The third kappa shape index (κ3) is 3.38. The van der Waals surface area contributed by atoms with Gasteiger partial charge in [-0.25, -0.2) is 17.2 Å². The number of benzene rings is 1. The number of piperidine rings is 1. The van der Waals surface area contributed by atoms with Crippen LogP contribution in [0.5, 0.6) is 0 Å². The van der Waals surface area contributed by atoms with Crippen LogP contribution in [0.1, 0.15) is 19.3 Å². The molecular formula is C13H15F2NO4S. The van der Waals surface area contributed by atoms with Crippen LogP contribution in [0.15, 0.2) is 23.1 Å². The summed E-state index contributed by atoms with van der Waals surface area (Å²) >= 11 is 0. The Balaban J connectivity index is 2.29. The van der Waals surface area contributed by atoms with Crippen LogP contribution in [-0.4, -0.2) is 36.9 Å². The maximum atomic E-state index is 13.7. The lowest BCUT2D eigenvalue weighted by molar-refractivity contribution is -0.138. The molecule has 1 aromatic rings. The fourth-order valence-electron chi connectivity index (χ4n) is 2.52. The summed E-state index contributed by atoms with van der Waals surface area (Å²) in [6.45, 7) is 0.0919. The van der Waals surface area contributed by atoms with Crippen LogP contribution in [0, 0.1) is 17.6 Å². The zero-order chi connectivity index (χ0) is 15.6. The van der Waals surface area contributed by atoms with Gasteiger partial charge in [0.1, 0.15) is 11.6 Å². The summed E-state index contributed by atoms with van der Waals surface area (Å²) < 4.78 is 53.0. The molecule has 1 fully saturated rings. The van der Waals surface area contributed by atoms with Crippen molar-refractivity contribution in [3.63, 3.8) is 0 Å². The van der Waals surface area contributed by atoms with E-state index in [1.807, 2.05) is 0 Å². The maximum Gasteiger partial charge on any atom is 0.303 e. The first kappa shape index (κ1) is 15.8. The molecule has 1 aromatic carbocycles. The zero-order valence-corrected chi connectivity index (χ0v) is 11.9. The van der Waals surface area contributed by atoms with Crippen LogP contribution in [-0.2, 0) is 14.8 Å². The number of carboxylic acid groups (broad SMARTS) is 1. The second-order valence-electron chi connectivity index (χ2n) is 5.02. The molecule has 1 N–H and O–H groups in total. The van der Waals surface area contributed by atoms with Gasteiger partial charge in [0, 0.05) is 19.5 Å². The van der Waals surface area contributed by atoms with E-state index in [2.05, 4.69) is 0 Å². The largest absolute Gasteiger partial charge is 0.481 e. The normalized spacial score (nSPS) is 20.4. The fourth-order valence-corrected chi connectivity index (χ4v) is 4.18. The van der Waals surface area contributed by atoms with E-state index in [1.165, 1.54) is 0 Å². The van der Waals surface area contributed by atoms with Gasteiger partial charge in [0.25, 0.3) is 0 Å². The molecule has 116 valence electrons. The third-order valence-corrected chi connectivity index (χ3v) is 5.38. The maximum absolute atomic E-state index is 13.7. The van der Waals surface area contributed by atoms with E-state index in [0.29, 0.717) is 12.8 Å². The fraction of sp³-hybridized carbons (Fsp3) is 0.462. The molecule has 5 nitrogen and oxygen atoms in total. The van der Waals surface area contributed by atoms with E-state index >= 15 is 0 Å². The van der Waals surface area contributed by atoms with Gasteiger partial charge < -0.3 is 5.11 Å². The molecule has 1 heterocycles. The Morgan fingerprint density at radius 3 is 2.52 bits per heavy atom. The summed E-state index contributed by atoms with van der Waals surface area (Å²) in [5, 5.41) is 8.77. The quantitative estimate of drug-likeness (QED) is 0.919. The Bertz CT molecular complexity index is 627. The van der Waals surface area contributed by atoms with Crippen molar-refractivity contribution < 1.29 is 27.1 Å².